The Morgan fingerprint density at radius 2 is 1.87 bits per heavy atom. The molecule has 4 heteroatoms. The fraction of sp³-hybridized carbons (Fsp3) is 0.818. The second kappa shape index (κ2) is 7.40. The lowest BCUT2D eigenvalue weighted by Crippen LogP contribution is -2.35. The Hall–Kier alpha value is -0.900. The van der Waals surface area contributed by atoms with Crippen LogP contribution in [0.15, 0.2) is 0 Å². The van der Waals surface area contributed by atoms with Gasteiger partial charge in [-0.3, -0.25) is 9.59 Å². The van der Waals surface area contributed by atoms with Gasteiger partial charge >= 0.3 is 5.97 Å². The number of carbonyl (C=O) groups excluding carboxylic acids is 2. The molecular formula is C11H21NO3. The summed E-state index contributed by atoms with van der Waals surface area (Å²) in [5.74, 6) is 0.212. The maximum absolute atomic E-state index is 11.7. The minimum absolute atomic E-state index is 0.0802. The van der Waals surface area contributed by atoms with Crippen molar-refractivity contribution in [1.82, 2.24) is 5.32 Å². The summed E-state index contributed by atoms with van der Waals surface area (Å²) in [5.41, 5.74) is 0. The molecule has 4 nitrogen and oxygen atoms in total. The number of ether oxygens (including phenoxy) is 1. The van der Waals surface area contributed by atoms with Crippen LogP contribution in [-0.2, 0) is 14.3 Å². The van der Waals surface area contributed by atoms with E-state index < -0.39 is 0 Å². The maximum atomic E-state index is 11.7. The molecule has 0 fully saturated rings. The van der Waals surface area contributed by atoms with Crippen LogP contribution in [0.2, 0.25) is 0 Å². The van der Waals surface area contributed by atoms with Crippen LogP contribution in [0.3, 0.4) is 0 Å². The monoisotopic (exact) mass is 215 g/mol. The van der Waals surface area contributed by atoms with Gasteiger partial charge in [-0.2, -0.15) is 0 Å². The first-order valence-corrected chi connectivity index (χ1v) is 5.28. The average molecular weight is 215 g/mol. The molecule has 0 aromatic carbocycles. The molecule has 0 unspecified atom stereocenters. The lowest BCUT2D eigenvalue weighted by Gasteiger charge is -2.16. The highest BCUT2D eigenvalue weighted by Crippen LogP contribution is 2.08. The van der Waals surface area contributed by atoms with Crippen molar-refractivity contribution in [2.24, 2.45) is 5.92 Å². The zero-order chi connectivity index (χ0) is 11.8. The Morgan fingerprint density at radius 1 is 1.27 bits per heavy atom. The van der Waals surface area contributed by atoms with Crippen LogP contribution >= 0.6 is 0 Å². The summed E-state index contributed by atoms with van der Waals surface area (Å²) in [6.45, 7) is 4.13. The molecule has 15 heavy (non-hydrogen) atoms. The van der Waals surface area contributed by atoms with Gasteiger partial charge in [-0.15, -0.1) is 0 Å². The highest BCUT2D eigenvalue weighted by atomic mass is 16.5. The lowest BCUT2D eigenvalue weighted by atomic mass is 9.98. The quantitative estimate of drug-likeness (QED) is 0.647. The van der Waals surface area contributed by atoms with Crippen LogP contribution in [0.5, 0.6) is 0 Å². The first kappa shape index (κ1) is 14.1. The summed E-state index contributed by atoms with van der Waals surface area (Å²) in [6, 6.07) is -0.144. The van der Waals surface area contributed by atoms with E-state index in [1.165, 1.54) is 7.11 Å². The predicted molar refractivity (Wildman–Crippen MR) is 58.6 cm³/mol. The van der Waals surface area contributed by atoms with E-state index in [1.54, 1.807) is 7.05 Å². The maximum Gasteiger partial charge on any atom is 0.305 e. The molecule has 0 radical (unpaired) electrons. The predicted octanol–water partition coefficient (Wildman–Crippen LogP) is 1.14. The van der Waals surface area contributed by atoms with E-state index >= 15 is 0 Å². The van der Waals surface area contributed by atoms with Gasteiger partial charge in [-0.25, -0.2) is 0 Å². The van der Waals surface area contributed by atoms with Crippen LogP contribution in [0, 0.1) is 5.92 Å². The third-order valence-corrected chi connectivity index (χ3v) is 2.25. The standard InChI is InChI=1S/C11H21NO3/c1-8(2)7-9(12-3)10(13)5-6-11(14)15-4/h8-9,12H,5-7H2,1-4H3/t9-/m1/s1. The molecule has 1 atom stereocenters. The third-order valence-electron chi connectivity index (χ3n) is 2.25. The highest BCUT2D eigenvalue weighted by Gasteiger charge is 2.18. The summed E-state index contributed by atoms with van der Waals surface area (Å²) < 4.78 is 4.48. The number of ketones is 1. The Labute approximate surface area is 91.4 Å². The molecule has 0 heterocycles. The van der Waals surface area contributed by atoms with E-state index in [4.69, 9.17) is 0 Å². The summed E-state index contributed by atoms with van der Waals surface area (Å²) in [7, 11) is 3.10. The molecule has 0 rings (SSSR count). The van der Waals surface area contributed by atoms with E-state index in [9.17, 15) is 9.59 Å². The van der Waals surface area contributed by atoms with E-state index in [-0.39, 0.29) is 30.6 Å². The normalized spacial score (nSPS) is 12.6. The van der Waals surface area contributed by atoms with Gasteiger partial charge in [0.15, 0.2) is 0 Å². The smallest absolute Gasteiger partial charge is 0.305 e. The largest absolute Gasteiger partial charge is 0.469 e. The molecule has 0 spiro atoms. The zero-order valence-electron chi connectivity index (χ0n) is 10.0. The van der Waals surface area contributed by atoms with Gasteiger partial charge in [0.1, 0.15) is 5.78 Å². The summed E-state index contributed by atoms with van der Waals surface area (Å²) in [4.78, 5) is 22.5. The number of likely N-dealkylation sites (N-methyl/N-ethyl adjacent to an activating group) is 1. The van der Waals surface area contributed by atoms with Crippen LogP contribution in [-0.4, -0.2) is 32.0 Å². The summed E-state index contributed by atoms with van der Waals surface area (Å²) >= 11 is 0. The number of methoxy groups -OCH3 is 1. The van der Waals surface area contributed by atoms with Crippen LogP contribution < -0.4 is 5.32 Å². The van der Waals surface area contributed by atoms with Crippen molar-refractivity contribution in [3.8, 4) is 0 Å². The van der Waals surface area contributed by atoms with Crippen LogP contribution in [0.1, 0.15) is 33.1 Å². The molecule has 88 valence electrons. The van der Waals surface area contributed by atoms with E-state index in [0.717, 1.165) is 6.42 Å². The zero-order valence-corrected chi connectivity index (χ0v) is 10.0. The lowest BCUT2D eigenvalue weighted by molar-refractivity contribution is -0.142. The highest BCUT2D eigenvalue weighted by molar-refractivity contribution is 5.87. The molecule has 0 saturated heterocycles. The third kappa shape index (κ3) is 6.23. The molecular weight excluding hydrogens is 194 g/mol. The fourth-order valence-corrected chi connectivity index (χ4v) is 1.38. The molecule has 0 bridgehead atoms. The second-order valence-electron chi connectivity index (χ2n) is 4.01. The molecule has 0 aliphatic heterocycles. The van der Waals surface area contributed by atoms with Gasteiger partial charge in [0.05, 0.1) is 19.6 Å². The Bertz CT molecular complexity index is 214. The van der Waals surface area contributed by atoms with Crippen molar-refractivity contribution in [3.63, 3.8) is 0 Å². The van der Waals surface area contributed by atoms with Crippen molar-refractivity contribution in [2.75, 3.05) is 14.2 Å². The fourth-order valence-electron chi connectivity index (χ4n) is 1.38. The number of nitrogens with one attached hydrogen (secondary N) is 1. The van der Waals surface area contributed by atoms with Crippen molar-refractivity contribution in [3.05, 3.63) is 0 Å². The van der Waals surface area contributed by atoms with Crippen molar-refractivity contribution >= 4 is 11.8 Å². The molecule has 0 aliphatic rings. The van der Waals surface area contributed by atoms with E-state index in [2.05, 4.69) is 23.9 Å². The number of esters is 1. The van der Waals surface area contributed by atoms with Crippen LogP contribution in [0.25, 0.3) is 0 Å². The van der Waals surface area contributed by atoms with Crippen molar-refractivity contribution in [2.45, 2.75) is 39.2 Å². The van der Waals surface area contributed by atoms with Gasteiger partial charge < -0.3 is 10.1 Å². The molecule has 1 N–H and O–H groups in total. The first-order chi connectivity index (χ1) is 7.01. The van der Waals surface area contributed by atoms with E-state index in [1.807, 2.05) is 0 Å². The number of hydrogen-bond acceptors (Lipinski definition) is 4. The SMILES string of the molecule is CN[C@H](CC(C)C)C(=O)CCC(=O)OC. The minimum atomic E-state index is -0.331. The van der Waals surface area contributed by atoms with Gasteiger partial charge in [0.25, 0.3) is 0 Å². The minimum Gasteiger partial charge on any atom is -0.469 e. The molecule has 0 aromatic rings. The number of carbonyl (C=O) groups is 2. The number of hydrogen-bond donors (Lipinski definition) is 1. The molecule has 0 aromatic heterocycles. The first-order valence-electron chi connectivity index (χ1n) is 5.28. The van der Waals surface area contributed by atoms with E-state index in [0.29, 0.717) is 5.92 Å². The topological polar surface area (TPSA) is 55.4 Å². The van der Waals surface area contributed by atoms with Gasteiger partial charge in [-0.05, 0) is 19.4 Å². The average Bonchev–Trinajstić information content (AvgIpc) is 2.21. The number of rotatable bonds is 7. The molecule has 0 amide bonds. The van der Waals surface area contributed by atoms with Crippen molar-refractivity contribution < 1.29 is 14.3 Å². The van der Waals surface area contributed by atoms with Crippen LogP contribution in [0.4, 0.5) is 0 Å². The Morgan fingerprint density at radius 3 is 2.27 bits per heavy atom. The Kier molecular flexibility index (Phi) is 6.96. The molecule has 0 aliphatic carbocycles. The molecule has 0 saturated carbocycles. The summed E-state index contributed by atoms with van der Waals surface area (Å²) in [6.07, 6.45) is 1.23. The summed E-state index contributed by atoms with van der Waals surface area (Å²) in [5, 5.41) is 2.97. The van der Waals surface area contributed by atoms with Gasteiger partial charge in [0, 0.05) is 6.42 Å². The Balaban J connectivity index is 3.99. The van der Waals surface area contributed by atoms with Crippen molar-refractivity contribution in [1.29, 1.82) is 0 Å². The number of Topliss-reactive ketones (excluding diaryl/α,β-unsaturated/α-hetero) is 1. The second-order valence-corrected chi connectivity index (χ2v) is 4.01. The van der Waals surface area contributed by atoms with Gasteiger partial charge in [-0.1, -0.05) is 13.8 Å². The van der Waals surface area contributed by atoms with Gasteiger partial charge in [0.2, 0.25) is 0 Å².